The van der Waals surface area contributed by atoms with Gasteiger partial charge in [-0.1, -0.05) is 24.2 Å². The van der Waals surface area contributed by atoms with Crippen LogP contribution in [0.5, 0.6) is 0 Å². The van der Waals surface area contributed by atoms with Crippen molar-refractivity contribution >= 4 is 0 Å². The molecule has 20 heavy (non-hydrogen) atoms. The van der Waals surface area contributed by atoms with E-state index in [0.29, 0.717) is 6.42 Å². The molecule has 0 spiro atoms. The van der Waals surface area contributed by atoms with E-state index in [0.717, 1.165) is 12.1 Å². The summed E-state index contributed by atoms with van der Waals surface area (Å²) in [7, 11) is 0. The fourth-order valence-electron chi connectivity index (χ4n) is 1.56. The average molecular weight is 285 g/mol. The van der Waals surface area contributed by atoms with Crippen LogP contribution >= 0.6 is 0 Å². The molecule has 0 aliphatic carbocycles. The number of alkyl halides is 3. The second-order valence-electron chi connectivity index (χ2n) is 4.77. The van der Waals surface area contributed by atoms with Crippen LogP contribution < -0.4 is 5.73 Å². The highest BCUT2D eigenvalue weighted by Crippen LogP contribution is 2.32. The monoisotopic (exact) mass is 285 g/mol. The number of nitrogens with zero attached hydrogens (tertiary/aromatic N) is 2. The molecule has 0 amide bonds. The van der Waals surface area contributed by atoms with Gasteiger partial charge in [0.15, 0.2) is 0 Å². The van der Waals surface area contributed by atoms with Crippen LogP contribution in [0.25, 0.3) is 11.4 Å². The first-order valence-corrected chi connectivity index (χ1v) is 6.05. The molecular weight excluding hydrogens is 271 g/mol. The normalized spacial score (nSPS) is 15.1. The zero-order valence-electron chi connectivity index (χ0n) is 11.0. The van der Waals surface area contributed by atoms with E-state index in [2.05, 4.69) is 10.1 Å². The molecule has 0 bridgehead atoms. The Morgan fingerprint density at radius 3 is 2.60 bits per heavy atom. The van der Waals surface area contributed by atoms with Gasteiger partial charge >= 0.3 is 6.18 Å². The Morgan fingerprint density at radius 2 is 2.00 bits per heavy atom. The zero-order valence-corrected chi connectivity index (χ0v) is 11.0. The van der Waals surface area contributed by atoms with Crippen LogP contribution in [0.15, 0.2) is 28.8 Å². The van der Waals surface area contributed by atoms with Gasteiger partial charge in [-0.05, 0) is 25.5 Å². The van der Waals surface area contributed by atoms with Gasteiger partial charge in [0.25, 0.3) is 0 Å². The Bertz CT molecular complexity index is 605. The molecule has 1 unspecified atom stereocenters. The summed E-state index contributed by atoms with van der Waals surface area (Å²) in [5, 5.41) is 3.69. The minimum absolute atomic E-state index is 0.0937. The predicted molar refractivity (Wildman–Crippen MR) is 66.6 cm³/mol. The van der Waals surface area contributed by atoms with E-state index in [1.54, 1.807) is 6.92 Å². The lowest BCUT2D eigenvalue weighted by molar-refractivity contribution is -0.137. The average Bonchev–Trinajstić information content (AvgIpc) is 2.88. The van der Waals surface area contributed by atoms with E-state index in [1.165, 1.54) is 12.1 Å². The third-order valence-electron chi connectivity index (χ3n) is 3.10. The minimum atomic E-state index is -4.41. The first-order valence-electron chi connectivity index (χ1n) is 6.05. The lowest BCUT2D eigenvalue weighted by atomic mass is 10.0. The first-order chi connectivity index (χ1) is 9.24. The molecule has 0 aliphatic rings. The molecule has 7 heteroatoms. The van der Waals surface area contributed by atoms with Crippen LogP contribution in [0.1, 0.15) is 31.7 Å². The number of halogens is 3. The van der Waals surface area contributed by atoms with Gasteiger partial charge in [-0.3, -0.25) is 0 Å². The van der Waals surface area contributed by atoms with Crippen molar-refractivity contribution in [1.29, 1.82) is 0 Å². The summed E-state index contributed by atoms with van der Waals surface area (Å²) in [6, 6.07) is 4.76. The van der Waals surface area contributed by atoms with Gasteiger partial charge in [-0.25, -0.2) is 0 Å². The van der Waals surface area contributed by atoms with Crippen molar-refractivity contribution in [2.45, 2.75) is 32.0 Å². The Hall–Kier alpha value is -1.89. The van der Waals surface area contributed by atoms with E-state index in [1.807, 2.05) is 6.92 Å². The molecule has 0 saturated heterocycles. The van der Waals surface area contributed by atoms with Crippen LogP contribution in [-0.4, -0.2) is 10.1 Å². The predicted octanol–water partition coefficient (Wildman–Crippen LogP) is 3.34. The molecule has 0 fully saturated rings. The van der Waals surface area contributed by atoms with E-state index in [9.17, 15) is 13.2 Å². The smallest absolute Gasteiger partial charge is 0.337 e. The number of aromatic nitrogens is 2. The van der Waals surface area contributed by atoms with Crippen molar-refractivity contribution < 1.29 is 17.7 Å². The molecule has 0 aliphatic heterocycles. The third-order valence-corrected chi connectivity index (χ3v) is 3.10. The van der Waals surface area contributed by atoms with E-state index in [-0.39, 0.29) is 17.3 Å². The molecule has 1 aromatic heterocycles. The lowest BCUT2D eigenvalue weighted by Gasteiger charge is -2.16. The van der Waals surface area contributed by atoms with Gasteiger partial charge in [-0.2, -0.15) is 18.2 Å². The molecule has 2 N–H and O–H groups in total. The Balaban J connectivity index is 2.38. The van der Waals surface area contributed by atoms with E-state index in [4.69, 9.17) is 10.3 Å². The molecule has 2 aromatic rings. The van der Waals surface area contributed by atoms with E-state index < -0.39 is 17.3 Å². The van der Waals surface area contributed by atoms with Gasteiger partial charge in [0.2, 0.25) is 11.7 Å². The van der Waals surface area contributed by atoms with Crippen molar-refractivity contribution in [2.75, 3.05) is 0 Å². The summed E-state index contributed by atoms with van der Waals surface area (Å²) >= 11 is 0. The quantitative estimate of drug-likeness (QED) is 0.939. The van der Waals surface area contributed by atoms with Gasteiger partial charge < -0.3 is 10.3 Å². The number of hydrogen-bond donors (Lipinski definition) is 1. The second kappa shape index (κ2) is 4.90. The van der Waals surface area contributed by atoms with Crippen molar-refractivity contribution in [3.8, 4) is 11.4 Å². The fraction of sp³-hybridized carbons (Fsp3) is 0.385. The molecule has 1 heterocycles. The Kier molecular flexibility index (Phi) is 3.56. The Labute approximate surface area is 113 Å². The van der Waals surface area contributed by atoms with Crippen LogP contribution in [0, 0.1) is 0 Å². The first kappa shape index (κ1) is 14.5. The SMILES string of the molecule is CCC(C)(N)c1nc(-c2cccc(C(F)(F)F)c2)no1. The van der Waals surface area contributed by atoms with Crippen molar-refractivity contribution in [1.82, 2.24) is 10.1 Å². The maximum atomic E-state index is 12.6. The number of nitrogens with two attached hydrogens (primary N) is 1. The summed E-state index contributed by atoms with van der Waals surface area (Å²) in [5.41, 5.74) is 4.63. The topological polar surface area (TPSA) is 64.9 Å². The largest absolute Gasteiger partial charge is 0.416 e. The summed E-state index contributed by atoms with van der Waals surface area (Å²) in [5.74, 6) is 0.295. The maximum Gasteiger partial charge on any atom is 0.416 e. The summed E-state index contributed by atoms with van der Waals surface area (Å²) in [4.78, 5) is 4.08. The van der Waals surface area contributed by atoms with Gasteiger partial charge in [-0.15, -0.1) is 0 Å². The second-order valence-corrected chi connectivity index (χ2v) is 4.77. The summed E-state index contributed by atoms with van der Waals surface area (Å²) < 4.78 is 43.0. The molecular formula is C13H14F3N3O. The highest BCUT2D eigenvalue weighted by atomic mass is 19.4. The Morgan fingerprint density at radius 1 is 1.30 bits per heavy atom. The van der Waals surface area contributed by atoms with Crippen LogP contribution in [0.2, 0.25) is 0 Å². The highest BCUT2D eigenvalue weighted by molar-refractivity contribution is 5.55. The number of benzene rings is 1. The molecule has 2 rings (SSSR count). The minimum Gasteiger partial charge on any atom is -0.337 e. The van der Waals surface area contributed by atoms with Crippen molar-refractivity contribution in [2.24, 2.45) is 5.73 Å². The zero-order chi connectivity index (χ0) is 15.0. The van der Waals surface area contributed by atoms with Crippen molar-refractivity contribution in [3.63, 3.8) is 0 Å². The van der Waals surface area contributed by atoms with Gasteiger partial charge in [0.05, 0.1) is 11.1 Å². The fourth-order valence-corrected chi connectivity index (χ4v) is 1.56. The van der Waals surface area contributed by atoms with Crippen LogP contribution in [-0.2, 0) is 11.7 Å². The number of hydrogen-bond acceptors (Lipinski definition) is 4. The van der Waals surface area contributed by atoms with Crippen LogP contribution in [0.4, 0.5) is 13.2 Å². The molecule has 1 aromatic carbocycles. The van der Waals surface area contributed by atoms with E-state index >= 15 is 0 Å². The van der Waals surface area contributed by atoms with Crippen molar-refractivity contribution in [3.05, 3.63) is 35.7 Å². The van der Waals surface area contributed by atoms with Crippen LogP contribution in [0.3, 0.4) is 0 Å². The summed E-state index contributed by atoms with van der Waals surface area (Å²) in [6.45, 7) is 3.57. The molecule has 1 atom stereocenters. The highest BCUT2D eigenvalue weighted by Gasteiger charge is 2.31. The molecule has 108 valence electrons. The molecule has 4 nitrogen and oxygen atoms in total. The lowest BCUT2D eigenvalue weighted by Crippen LogP contribution is -2.32. The maximum absolute atomic E-state index is 12.6. The molecule has 0 saturated carbocycles. The van der Waals surface area contributed by atoms with Gasteiger partial charge in [0.1, 0.15) is 0 Å². The summed E-state index contributed by atoms with van der Waals surface area (Å²) in [6.07, 6.45) is -3.84. The van der Waals surface area contributed by atoms with Gasteiger partial charge in [0, 0.05) is 5.56 Å². The third kappa shape index (κ3) is 2.82. The number of rotatable bonds is 3. The standard InChI is InChI=1S/C13H14F3N3O/c1-3-12(2,17)11-18-10(19-20-11)8-5-4-6-9(7-8)13(14,15)16/h4-7H,3,17H2,1-2H3. The molecule has 0 radical (unpaired) electrons.